The Morgan fingerprint density at radius 2 is 1.39 bits per heavy atom. The van der Waals surface area contributed by atoms with Crippen LogP contribution in [0.2, 0.25) is 0 Å². The summed E-state index contributed by atoms with van der Waals surface area (Å²) in [5.41, 5.74) is 6.07. The zero-order chi connectivity index (χ0) is 17.7. The van der Waals surface area contributed by atoms with Crippen molar-refractivity contribution in [1.82, 2.24) is 0 Å². The fourth-order valence-electron chi connectivity index (χ4n) is 4.84. The Morgan fingerprint density at radius 1 is 0.821 bits per heavy atom. The SMILES string of the molecule is Brc1ccc2c(c1)-c1cc(Br)ccc1[CH]2[Zr+2]([C]1=CC=CC1)=[C]1CCCC1.[Cl-].[Cl-]. The Kier molecular flexibility index (Phi) is 7.82. The molecule has 1 saturated carbocycles. The summed E-state index contributed by atoms with van der Waals surface area (Å²) in [6.45, 7) is 0. The van der Waals surface area contributed by atoms with E-state index in [0.717, 1.165) is 0 Å². The maximum Gasteiger partial charge on any atom is -1.00 e. The molecule has 5 rings (SSSR count). The van der Waals surface area contributed by atoms with Crippen LogP contribution in [0.4, 0.5) is 0 Å². The third kappa shape index (κ3) is 4.04. The third-order valence-corrected chi connectivity index (χ3v) is 15.6. The van der Waals surface area contributed by atoms with Gasteiger partial charge in [0.15, 0.2) is 0 Å². The first-order valence-electron chi connectivity index (χ1n) is 9.39. The molecule has 0 N–H and O–H groups in total. The van der Waals surface area contributed by atoms with Crippen molar-refractivity contribution < 1.29 is 46.1 Å². The van der Waals surface area contributed by atoms with Gasteiger partial charge in [-0.2, -0.15) is 0 Å². The molecule has 0 unspecified atom stereocenters. The molecular weight excluding hydrogens is 598 g/mol. The maximum absolute atomic E-state index is 3.70. The summed E-state index contributed by atoms with van der Waals surface area (Å²) in [7, 11) is 0. The Hall–Kier alpha value is 0.213. The number of hydrogen-bond donors (Lipinski definition) is 0. The molecule has 0 amide bonds. The molecule has 5 heteroatoms. The summed E-state index contributed by atoms with van der Waals surface area (Å²) >= 11 is 5.46. The quantitative estimate of drug-likeness (QED) is 0.479. The third-order valence-electron chi connectivity index (χ3n) is 5.94. The van der Waals surface area contributed by atoms with Crippen LogP contribution >= 0.6 is 31.9 Å². The summed E-state index contributed by atoms with van der Waals surface area (Å²) < 4.78 is 6.80. The molecule has 0 nitrogen and oxygen atoms in total. The van der Waals surface area contributed by atoms with Gasteiger partial charge < -0.3 is 24.8 Å². The van der Waals surface area contributed by atoms with Crippen LogP contribution in [-0.2, 0) is 21.3 Å². The molecule has 0 saturated heterocycles. The molecule has 3 aliphatic rings. The van der Waals surface area contributed by atoms with Crippen molar-refractivity contribution in [1.29, 1.82) is 0 Å². The average molecular weight is 618 g/mol. The topological polar surface area (TPSA) is 0 Å². The summed E-state index contributed by atoms with van der Waals surface area (Å²) in [6.07, 6.45) is 13.9. The van der Waals surface area contributed by atoms with E-state index in [2.05, 4.69) is 86.5 Å². The van der Waals surface area contributed by atoms with E-state index in [1.54, 1.807) is 14.4 Å². The summed E-state index contributed by atoms with van der Waals surface area (Å²) in [5.74, 6) is 0. The number of rotatable bonds is 2. The zero-order valence-electron chi connectivity index (χ0n) is 15.3. The molecule has 0 heterocycles. The molecular formula is C23H20Br2Cl2Zr. The Labute approximate surface area is 204 Å². The number of fused-ring (bicyclic) bond motifs is 3. The van der Waals surface area contributed by atoms with Gasteiger partial charge >= 0.3 is 181 Å². The smallest absolute Gasteiger partial charge is 1.00 e. The maximum atomic E-state index is 3.70. The summed E-state index contributed by atoms with van der Waals surface area (Å²) in [5, 5.41) is 0. The van der Waals surface area contributed by atoms with Gasteiger partial charge in [-0.15, -0.1) is 0 Å². The predicted molar refractivity (Wildman–Crippen MR) is 114 cm³/mol. The van der Waals surface area contributed by atoms with Crippen molar-refractivity contribution >= 4 is 35.1 Å². The van der Waals surface area contributed by atoms with Gasteiger partial charge in [0.05, 0.1) is 0 Å². The molecule has 0 aliphatic heterocycles. The van der Waals surface area contributed by atoms with Crippen LogP contribution in [0, 0.1) is 0 Å². The van der Waals surface area contributed by atoms with Gasteiger partial charge in [-0.1, -0.05) is 0 Å². The zero-order valence-corrected chi connectivity index (χ0v) is 22.5. The van der Waals surface area contributed by atoms with Crippen LogP contribution in [0.5, 0.6) is 0 Å². The van der Waals surface area contributed by atoms with E-state index in [1.165, 1.54) is 52.2 Å². The minimum Gasteiger partial charge on any atom is -1.00 e. The van der Waals surface area contributed by atoms with Gasteiger partial charge in [0, 0.05) is 0 Å². The number of halogens is 4. The molecule has 2 aromatic carbocycles. The molecule has 1 fully saturated rings. The second-order valence-electron chi connectivity index (χ2n) is 7.44. The standard InChI is InChI=1S/C13H7Br2.C5H8.C5H5.2ClH.Zr/c14-10-3-1-8-5-9-2-4-11(15)7-13(9)12(8)6-10;2*1-2-4-5-3-1;;;/h1-7H;1-4H2;1-3H,4H2;2*1H;/q;;;;;+2/p-2. The first kappa shape index (κ1) is 22.9. The Balaban J connectivity index is 0.00000112. The largest absolute Gasteiger partial charge is 1.00 e. The van der Waals surface area contributed by atoms with Crippen LogP contribution in [0.1, 0.15) is 46.9 Å². The number of allylic oxidation sites excluding steroid dienone is 4. The van der Waals surface area contributed by atoms with E-state index in [4.69, 9.17) is 0 Å². The van der Waals surface area contributed by atoms with Crippen molar-refractivity contribution in [3.63, 3.8) is 0 Å². The summed E-state index contributed by atoms with van der Waals surface area (Å²) in [6, 6.07) is 14.0. The van der Waals surface area contributed by atoms with E-state index in [9.17, 15) is 0 Å². The molecule has 2 aromatic rings. The van der Waals surface area contributed by atoms with Crippen molar-refractivity contribution in [3.8, 4) is 11.1 Å². The van der Waals surface area contributed by atoms with Crippen molar-refractivity contribution in [2.45, 2.75) is 35.7 Å². The van der Waals surface area contributed by atoms with E-state index < -0.39 is 21.3 Å². The first-order chi connectivity index (χ1) is 12.7. The average Bonchev–Trinajstić information content (AvgIpc) is 3.38. The molecule has 0 atom stereocenters. The van der Waals surface area contributed by atoms with E-state index in [1.807, 2.05) is 3.21 Å². The van der Waals surface area contributed by atoms with Gasteiger partial charge in [-0.25, -0.2) is 0 Å². The van der Waals surface area contributed by atoms with Gasteiger partial charge in [-0.05, 0) is 0 Å². The molecule has 0 aromatic heterocycles. The van der Waals surface area contributed by atoms with Gasteiger partial charge in [0.1, 0.15) is 0 Å². The van der Waals surface area contributed by atoms with Crippen molar-refractivity contribution in [2.24, 2.45) is 0 Å². The molecule has 0 bridgehead atoms. The minimum absolute atomic E-state index is 0. The molecule has 144 valence electrons. The van der Waals surface area contributed by atoms with Crippen LogP contribution < -0.4 is 24.8 Å². The first-order valence-corrected chi connectivity index (χ1v) is 14.9. The minimum atomic E-state index is -1.95. The second-order valence-corrected chi connectivity index (χ2v) is 16.0. The van der Waals surface area contributed by atoms with E-state index in [0.29, 0.717) is 3.63 Å². The van der Waals surface area contributed by atoms with Crippen molar-refractivity contribution in [3.05, 3.63) is 78.0 Å². The monoisotopic (exact) mass is 614 g/mol. The Bertz CT molecular complexity index is 948. The molecule has 3 aliphatic carbocycles. The van der Waals surface area contributed by atoms with Crippen LogP contribution in [-0.4, -0.2) is 3.21 Å². The fraction of sp³-hybridized carbons (Fsp3) is 0.261. The second kappa shape index (κ2) is 9.57. The van der Waals surface area contributed by atoms with Crippen LogP contribution in [0.25, 0.3) is 11.1 Å². The molecule has 28 heavy (non-hydrogen) atoms. The number of benzene rings is 2. The fourth-order valence-corrected chi connectivity index (χ4v) is 15.1. The van der Waals surface area contributed by atoms with E-state index in [-0.39, 0.29) is 24.8 Å². The van der Waals surface area contributed by atoms with Gasteiger partial charge in [0.2, 0.25) is 0 Å². The van der Waals surface area contributed by atoms with Crippen LogP contribution in [0.15, 0.2) is 66.9 Å². The Morgan fingerprint density at radius 3 is 1.89 bits per heavy atom. The molecule has 0 spiro atoms. The summed E-state index contributed by atoms with van der Waals surface area (Å²) in [4.78, 5) is 0. The van der Waals surface area contributed by atoms with Crippen molar-refractivity contribution in [2.75, 3.05) is 0 Å². The predicted octanol–water partition coefficient (Wildman–Crippen LogP) is 1.50. The number of hydrogen-bond acceptors (Lipinski definition) is 0. The van der Waals surface area contributed by atoms with Gasteiger partial charge in [0.25, 0.3) is 0 Å². The van der Waals surface area contributed by atoms with E-state index >= 15 is 0 Å². The van der Waals surface area contributed by atoms with Gasteiger partial charge in [-0.3, -0.25) is 0 Å². The molecule has 0 radical (unpaired) electrons. The van der Waals surface area contributed by atoms with Crippen LogP contribution in [0.3, 0.4) is 0 Å². The normalized spacial score (nSPS) is 16.6.